The first-order chi connectivity index (χ1) is 12.7. The largest absolute Gasteiger partial charge is 0.346 e. The predicted molar refractivity (Wildman–Crippen MR) is 107 cm³/mol. The fourth-order valence-corrected chi connectivity index (χ4v) is 3.95. The zero-order valence-corrected chi connectivity index (χ0v) is 15.8. The zero-order chi connectivity index (χ0) is 18.4. The number of anilines is 1. The predicted octanol–water partition coefficient (Wildman–Crippen LogP) is 3.58. The van der Waals surface area contributed by atoms with Crippen molar-refractivity contribution in [1.82, 2.24) is 5.32 Å². The molecule has 4 nitrogen and oxygen atoms in total. The van der Waals surface area contributed by atoms with Crippen molar-refractivity contribution in [2.45, 2.75) is 37.5 Å². The van der Waals surface area contributed by atoms with Gasteiger partial charge in [0, 0.05) is 10.6 Å². The number of carbonyl (C=O) groups is 2. The number of aryl methyl sites for hydroxylation is 3. The molecule has 2 N–H and O–H groups in total. The maximum atomic E-state index is 12.1. The van der Waals surface area contributed by atoms with Crippen LogP contribution in [0, 0.1) is 0 Å². The summed E-state index contributed by atoms with van der Waals surface area (Å²) in [5, 5.41) is 5.55. The second-order valence-corrected chi connectivity index (χ2v) is 7.46. The van der Waals surface area contributed by atoms with E-state index in [0.717, 1.165) is 35.4 Å². The van der Waals surface area contributed by atoms with Crippen molar-refractivity contribution < 1.29 is 9.59 Å². The summed E-state index contributed by atoms with van der Waals surface area (Å²) in [6, 6.07) is 14.1. The van der Waals surface area contributed by atoms with Gasteiger partial charge >= 0.3 is 0 Å². The minimum absolute atomic E-state index is 0.0123. The number of carbonyl (C=O) groups excluding carboxylic acids is 2. The second-order valence-electron chi connectivity index (χ2n) is 6.41. The summed E-state index contributed by atoms with van der Waals surface area (Å²) >= 11 is 1.51. The van der Waals surface area contributed by atoms with Gasteiger partial charge in [-0.1, -0.05) is 31.2 Å². The number of hydrogen-bond donors (Lipinski definition) is 2. The van der Waals surface area contributed by atoms with Gasteiger partial charge in [-0.05, 0) is 60.6 Å². The van der Waals surface area contributed by atoms with Crippen LogP contribution in [0.1, 0.15) is 30.0 Å². The fraction of sp³-hybridized carbons (Fsp3) is 0.333. The van der Waals surface area contributed by atoms with Gasteiger partial charge in [-0.3, -0.25) is 9.59 Å². The maximum absolute atomic E-state index is 12.1. The molecule has 0 unspecified atom stereocenters. The first-order valence-corrected chi connectivity index (χ1v) is 10.0. The highest BCUT2D eigenvalue weighted by Crippen LogP contribution is 2.27. The van der Waals surface area contributed by atoms with Gasteiger partial charge in [0.25, 0.3) is 0 Å². The molecule has 0 saturated heterocycles. The molecule has 0 bridgehead atoms. The molecular formula is C21H24N2O2S. The van der Waals surface area contributed by atoms with Crippen LogP contribution in [0.2, 0.25) is 0 Å². The van der Waals surface area contributed by atoms with Crippen LogP contribution in [0.15, 0.2) is 47.4 Å². The average Bonchev–Trinajstić information content (AvgIpc) is 3.13. The lowest BCUT2D eigenvalue weighted by atomic mass is 10.1. The van der Waals surface area contributed by atoms with Crippen LogP contribution < -0.4 is 10.6 Å². The molecule has 1 aliphatic carbocycles. The Morgan fingerprint density at radius 3 is 2.69 bits per heavy atom. The highest BCUT2D eigenvalue weighted by molar-refractivity contribution is 8.00. The third kappa shape index (κ3) is 4.88. The molecule has 0 spiro atoms. The zero-order valence-electron chi connectivity index (χ0n) is 15.0. The summed E-state index contributed by atoms with van der Waals surface area (Å²) in [6.45, 7) is 2.03. The first-order valence-electron chi connectivity index (χ1n) is 9.04. The molecule has 136 valence electrons. The van der Waals surface area contributed by atoms with Gasteiger partial charge in [0.05, 0.1) is 12.3 Å². The van der Waals surface area contributed by atoms with E-state index in [4.69, 9.17) is 0 Å². The maximum Gasteiger partial charge on any atom is 0.243 e. The van der Waals surface area contributed by atoms with Crippen molar-refractivity contribution in [3.8, 4) is 0 Å². The highest BCUT2D eigenvalue weighted by Gasteiger charge is 2.12. The molecule has 26 heavy (non-hydrogen) atoms. The normalized spacial score (nSPS) is 12.5. The van der Waals surface area contributed by atoms with Gasteiger partial charge in [-0.15, -0.1) is 11.8 Å². The molecule has 3 rings (SSSR count). The van der Waals surface area contributed by atoms with Crippen LogP contribution in [0.5, 0.6) is 0 Å². The SMILES string of the molecule is CCc1ccccc1NC(=O)CNC(=O)CSc1ccc2c(c1)CCC2. The Labute approximate surface area is 158 Å². The minimum Gasteiger partial charge on any atom is -0.346 e. The summed E-state index contributed by atoms with van der Waals surface area (Å²) in [5.74, 6) is -0.0198. The fourth-order valence-electron chi connectivity index (χ4n) is 3.16. The van der Waals surface area contributed by atoms with E-state index in [9.17, 15) is 9.59 Å². The van der Waals surface area contributed by atoms with E-state index in [2.05, 4.69) is 28.8 Å². The van der Waals surface area contributed by atoms with E-state index < -0.39 is 0 Å². The van der Waals surface area contributed by atoms with Gasteiger partial charge in [0.1, 0.15) is 0 Å². The monoisotopic (exact) mass is 368 g/mol. The molecule has 2 aromatic rings. The van der Waals surface area contributed by atoms with Gasteiger partial charge in [-0.2, -0.15) is 0 Å². The summed E-state index contributed by atoms with van der Waals surface area (Å²) in [4.78, 5) is 25.2. The molecule has 5 heteroatoms. The van der Waals surface area contributed by atoms with Crippen LogP contribution in [-0.2, 0) is 28.9 Å². The number of fused-ring (bicyclic) bond motifs is 1. The lowest BCUT2D eigenvalue weighted by Crippen LogP contribution is -2.34. The number of rotatable bonds is 7. The van der Waals surface area contributed by atoms with Crippen LogP contribution in [-0.4, -0.2) is 24.1 Å². The number of benzene rings is 2. The Balaban J connectivity index is 1.43. The molecule has 2 amide bonds. The lowest BCUT2D eigenvalue weighted by Gasteiger charge is -2.10. The summed E-state index contributed by atoms with van der Waals surface area (Å²) in [7, 11) is 0. The van der Waals surface area contributed by atoms with Crippen molar-refractivity contribution in [2.24, 2.45) is 0 Å². The molecule has 0 radical (unpaired) electrons. The molecule has 0 atom stereocenters. The van der Waals surface area contributed by atoms with Crippen LogP contribution in [0.3, 0.4) is 0 Å². The third-order valence-electron chi connectivity index (χ3n) is 4.56. The van der Waals surface area contributed by atoms with Crippen molar-refractivity contribution >= 4 is 29.3 Å². The molecule has 0 aliphatic heterocycles. The molecule has 0 saturated carbocycles. The van der Waals surface area contributed by atoms with Gasteiger partial charge in [0.15, 0.2) is 0 Å². The van der Waals surface area contributed by atoms with Crippen molar-refractivity contribution in [2.75, 3.05) is 17.6 Å². The quantitative estimate of drug-likeness (QED) is 0.735. The van der Waals surface area contributed by atoms with E-state index in [1.165, 1.54) is 29.3 Å². The number of nitrogens with one attached hydrogen (secondary N) is 2. The number of para-hydroxylation sites is 1. The minimum atomic E-state index is -0.207. The molecule has 0 aromatic heterocycles. The molecule has 0 heterocycles. The lowest BCUT2D eigenvalue weighted by molar-refractivity contribution is -0.122. The van der Waals surface area contributed by atoms with Crippen molar-refractivity contribution in [1.29, 1.82) is 0 Å². The molecule has 1 aliphatic rings. The topological polar surface area (TPSA) is 58.2 Å². The Bertz CT molecular complexity index is 804. The van der Waals surface area contributed by atoms with E-state index in [1.807, 2.05) is 31.2 Å². The van der Waals surface area contributed by atoms with E-state index in [1.54, 1.807) is 0 Å². The first kappa shape index (κ1) is 18.5. The number of thioether (sulfide) groups is 1. The smallest absolute Gasteiger partial charge is 0.243 e. The highest BCUT2D eigenvalue weighted by atomic mass is 32.2. The van der Waals surface area contributed by atoms with E-state index in [-0.39, 0.29) is 18.4 Å². The molecular weight excluding hydrogens is 344 g/mol. The standard InChI is InChI=1S/C21H24N2O2S/c1-2-15-6-3-4-9-19(15)23-20(24)13-22-21(25)14-26-18-11-10-16-7-5-8-17(16)12-18/h3-4,6,9-12H,2,5,7-8,13-14H2,1H3,(H,22,25)(H,23,24). The van der Waals surface area contributed by atoms with Crippen molar-refractivity contribution in [3.05, 3.63) is 59.2 Å². The van der Waals surface area contributed by atoms with Gasteiger partial charge in [-0.25, -0.2) is 0 Å². The Morgan fingerprint density at radius 2 is 1.85 bits per heavy atom. The van der Waals surface area contributed by atoms with Crippen molar-refractivity contribution in [3.63, 3.8) is 0 Å². The Morgan fingerprint density at radius 1 is 1.04 bits per heavy atom. The van der Waals surface area contributed by atoms with E-state index in [0.29, 0.717) is 5.75 Å². The third-order valence-corrected chi connectivity index (χ3v) is 5.55. The van der Waals surface area contributed by atoms with Gasteiger partial charge in [0.2, 0.25) is 11.8 Å². The van der Waals surface area contributed by atoms with Crippen LogP contribution in [0.25, 0.3) is 0 Å². The Hall–Kier alpha value is -2.27. The summed E-state index contributed by atoms with van der Waals surface area (Å²) < 4.78 is 0. The van der Waals surface area contributed by atoms with E-state index >= 15 is 0 Å². The summed E-state index contributed by atoms with van der Waals surface area (Å²) in [5.41, 5.74) is 4.73. The average molecular weight is 369 g/mol. The molecule has 0 fully saturated rings. The number of amides is 2. The molecule has 2 aromatic carbocycles. The van der Waals surface area contributed by atoms with Crippen LogP contribution in [0.4, 0.5) is 5.69 Å². The Kier molecular flexibility index (Phi) is 6.34. The van der Waals surface area contributed by atoms with Crippen LogP contribution >= 0.6 is 11.8 Å². The summed E-state index contributed by atoms with van der Waals surface area (Å²) in [6.07, 6.45) is 4.37. The number of hydrogen-bond acceptors (Lipinski definition) is 3. The second kappa shape index (κ2) is 8.90. The van der Waals surface area contributed by atoms with Gasteiger partial charge < -0.3 is 10.6 Å².